The number of hydrogen-bond acceptors (Lipinski definition) is 3. The Morgan fingerprint density at radius 2 is 1.83 bits per heavy atom. The highest BCUT2D eigenvalue weighted by atomic mass is 16.4. The zero-order valence-corrected chi connectivity index (χ0v) is 11.3. The van der Waals surface area contributed by atoms with Crippen molar-refractivity contribution in [2.45, 2.75) is 31.2 Å². The largest absolute Gasteiger partial charge is 0.481 e. The summed E-state index contributed by atoms with van der Waals surface area (Å²) in [6.45, 7) is 0.710. The maximum atomic E-state index is 12.1. The second-order valence-corrected chi connectivity index (χ2v) is 5.95. The quantitative estimate of drug-likeness (QED) is 0.782. The molecule has 5 heteroatoms. The average Bonchev–Trinajstić information content (AvgIpc) is 3.01. The van der Waals surface area contributed by atoms with Gasteiger partial charge in [-0.05, 0) is 39.8 Å². The predicted octanol–water partition coefficient (Wildman–Crippen LogP) is 0.650. The molecule has 5 nitrogen and oxygen atoms in total. The molecule has 2 unspecified atom stereocenters. The number of carboxylic acid groups (broad SMARTS) is 1. The van der Waals surface area contributed by atoms with Crippen molar-refractivity contribution in [2.24, 2.45) is 11.8 Å². The first-order valence-corrected chi connectivity index (χ1v) is 6.52. The van der Waals surface area contributed by atoms with Crippen molar-refractivity contribution in [2.75, 3.05) is 27.7 Å². The molecule has 18 heavy (non-hydrogen) atoms. The molecule has 0 saturated heterocycles. The average molecular weight is 254 g/mol. The molecule has 2 atom stereocenters. The van der Waals surface area contributed by atoms with Gasteiger partial charge in [-0.25, -0.2) is 0 Å². The Hall–Kier alpha value is -1.10. The Kier molecular flexibility index (Phi) is 3.36. The van der Waals surface area contributed by atoms with Crippen LogP contribution in [0.4, 0.5) is 0 Å². The number of nitrogens with zero attached hydrogens (tertiary/aromatic N) is 2. The van der Waals surface area contributed by atoms with Crippen LogP contribution in [-0.4, -0.2) is 60.0 Å². The molecule has 2 aliphatic carbocycles. The van der Waals surface area contributed by atoms with Gasteiger partial charge in [-0.15, -0.1) is 0 Å². The first-order chi connectivity index (χ1) is 8.37. The molecule has 102 valence electrons. The summed E-state index contributed by atoms with van der Waals surface area (Å²) in [6.07, 6.45) is 3.95. The summed E-state index contributed by atoms with van der Waals surface area (Å²) in [7, 11) is 5.90. The maximum Gasteiger partial charge on any atom is 0.307 e. The standard InChI is InChI=1S/C13H22N2O3/c1-14(2)13(5-4-6-13)8-15(3)11(16)9-7-10(9)12(17)18/h9-10H,4-8H2,1-3H3,(H,17,18). The van der Waals surface area contributed by atoms with Gasteiger partial charge in [-0.2, -0.15) is 0 Å². The number of amides is 1. The predicted molar refractivity (Wildman–Crippen MR) is 67.1 cm³/mol. The number of likely N-dealkylation sites (N-methyl/N-ethyl adjacent to an activating group) is 2. The van der Waals surface area contributed by atoms with Gasteiger partial charge in [0.05, 0.1) is 11.8 Å². The SMILES string of the molecule is CN(CC1(N(C)C)CCC1)C(=O)C1CC1C(=O)O. The molecule has 2 aliphatic rings. The van der Waals surface area contributed by atoms with Crippen molar-refractivity contribution in [1.29, 1.82) is 0 Å². The molecular formula is C13H22N2O3. The summed E-state index contributed by atoms with van der Waals surface area (Å²) >= 11 is 0. The van der Waals surface area contributed by atoms with Gasteiger partial charge in [0.25, 0.3) is 0 Å². The highest BCUT2D eigenvalue weighted by Crippen LogP contribution is 2.41. The van der Waals surface area contributed by atoms with Gasteiger partial charge in [0.2, 0.25) is 5.91 Å². The van der Waals surface area contributed by atoms with E-state index >= 15 is 0 Å². The Bertz CT molecular complexity index is 363. The summed E-state index contributed by atoms with van der Waals surface area (Å²) in [4.78, 5) is 26.8. The molecule has 0 heterocycles. The lowest BCUT2D eigenvalue weighted by atomic mass is 9.75. The number of carbonyl (C=O) groups is 2. The van der Waals surface area contributed by atoms with Crippen LogP contribution in [0.2, 0.25) is 0 Å². The van der Waals surface area contributed by atoms with E-state index in [9.17, 15) is 9.59 Å². The molecular weight excluding hydrogens is 232 g/mol. The van der Waals surface area contributed by atoms with Gasteiger partial charge in [-0.1, -0.05) is 0 Å². The van der Waals surface area contributed by atoms with E-state index in [0.29, 0.717) is 13.0 Å². The van der Waals surface area contributed by atoms with Crippen LogP contribution in [0.3, 0.4) is 0 Å². The van der Waals surface area contributed by atoms with E-state index in [1.165, 1.54) is 6.42 Å². The van der Waals surface area contributed by atoms with Crippen molar-refractivity contribution in [3.8, 4) is 0 Å². The summed E-state index contributed by atoms with van der Waals surface area (Å²) in [5, 5.41) is 8.85. The molecule has 0 aromatic carbocycles. The topological polar surface area (TPSA) is 60.9 Å². The van der Waals surface area contributed by atoms with Crippen molar-refractivity contribution in [3.05, 3.63) is 0 Å². The normalized spacial score (nSPS) is 28.7. The Morgan fingerprint density at radius 3 is 2.17 bits per heavy atom. The zero-order valence-electron chi connectivity index (χ0n) is 11.3. The second-order valence-electron chi connectivity index (χ2n) is 5.95. The van der Waals surface area contributed by atoms with Gasteiger partial charge in [0, 0.05) is 19.1 Å². The summed E-state index contributed by atoms with van der Waals surface area (Å²) < 4.78 is 0. The van der Waals surface area contributed by atoms with Crippen LogP contribution < -0.4 is 0 Å². The van der Waals surface area contributed by atoms with E-state index < -0.39 is 11.9 Å². The van der Waals surface area contributed by atoms with E-state index in [1.54, 1.807) is 11.9 Å². The van der Waals surface area contributed by atoms with Crippen LogP contribution in [0.15, 0.2) is 0 Å². The molecule has 0 aliphatic heterocycles. The van der Waals surface area contributed by atoms with Gasteiger partial charge in [-0.3, -0.25) is 9.59 Å². The fourth-order valence-electron chi connectivity index (χ4n) is 2.87. The number of carboxylic acids is 1. The fourth-order valence-corrected chi connectivity index (χ4v) is 2.87. The lowest BCUT2D eigenvalue weighted by Gasteiger charge is -2.49. The molecule has 0 bridgehead atoms. The van der Waals surface area contributed by atoms with E-state index in [-0.39, 0.29) is 17.4 Å². The fraction of sp³-hybridized carbons (Fsp3) is 0.846. The third-order valence-electron chi connectivity index (χ3n) is 4.57. The van der Waals surface area contributed by atoms with Crippen molar-refractivity contribution >= 4 is 11.9 Å². The maximum absolute atomic E-state index is 12.1. The van der Waals surface area contributed by atoms with Crippen LogP contribution in [0, 0.1) is 11.8 Å². The van der Waals surface area contributed by atoms with E-state index in [1.807, 2.05) is 0 Å². The number of carbonyl (C=O) groups excluding carboxylic acids is 1. The minimum atomic E-state index is -0.840. The van der Waals surface area contributed by atoms with Gasteiger partial charge in [0.1, 0.15) is 0 Å². The van der Waals surface area contributed by atoms with Crippen molar-refractivity contribution < 1.29 is 14.7 Å². The highest BCUT2D eigenvalue weighted by molar-refractivity contribution is 5.89. The van der Waals surface area contributed by atoms with E-state index in [4.69, 9.17) is 5.11 Å². The van der Waals surface area contributed by atoms with Gasteiger partial charge in [0.15, 0.2) is 0 Å². The third kappa shape index (κ3) is 2.23. The molecule has 0 spiro atoms. The molecule has 0 aromatic rings. The molecule has 0 aromatic heterocycles. The van der Waals surface area contributed by atoms with Crippen molar-refractivity contribution in [3.63, 3.8) is 0 Å². The minimum Gasteiger partial charge on any atom is -0.481 e. The van der Waals surface area contributed by atoms with Crippen LogP contribution in [0.5, 0.6) is 0 Å². The summed E-state index contributed by atoms with van der Waals surface area (Å²) in [5.41, 5.74) is 0.109. The summed E-state index contributed by atoms with van der Waals surface area (Å²) in [5.74, 6) is -1.58. The smallest absolute Gasteiger partial charge is 0.307 e. The molecule has 2 rings (SSSR count). The first-order valence-electron chi connectivity index (χ1n) is 6.52. The van der Waals surface area contributed by atoms with Crippen LogP contribution in [0.25, 0.3) is 0 Å². The molecule has 1 N–H and O–H groups in total. The van der Waals surface area contributed by atoms with Crippen LogP contribution >= 0.6 is 0 Å². The van der Waals surface area contributed by atoms with Crippen LogP contribution in [-0.2, 0) is 9.59 Å². The van der Waals surface area contributed by atoms with E-state index in [0.717, 1.165) is 12.8 Å². The van der Waals surface area contributed by atoms with Crippen molar-refractivity contribution in [1.82, 2.24) is 9.80 Å². The van der Waals surface area contributed by atoms with Gasteiger partial charge < -0.3 is 14.9 Å². The Balaban J connectivity index is 1.90. The van der Waals surface area contributed by atoms with Crippen LogP contribution in [0.1, 0.15) is 25.7 Å². The molecule has 2 saturated carbocycles. The lowest BCUT2D eigenvalue weighted by molar-refractivity contribution is -0.142. The van der Waals surface area contributed by atoms with E-state index in [2.05, 4.69) is 19.0 Å². The second kappa shape index (κ2) is 4.53. The molecule has 0 radical (unpaired) electrons. The number of rotatable bonds is 5. The summed E-state index contributed by atoms with van der Waals surface area (Å²) in [6, 6.07) is 0. The Morgan fingerprint density at radius 1 is 1.22 bits per heavy atom. The Labute approximate surface area is 108 Å². The lowest BCUT2D eigenvalue weighted by Crippen LogP contribution is -2.57. The third-order valence-corrected chi connectivity index (χ3v) is 4.57. The first kappa shape index (κ1) is 13.3. The molecule has 1 amide bonds. The number of hydrogen-bond donors (Lipinski definition) is 1. The van der Waals surface area contributed by atoms with Gasteiger partial charge >= 0.3 is 5.97 Å². The minimum absolute atomic E-state index is 0.00414. The highest BCUT2D eigenvalue weighted by Gasteiger charge is 2.50. The zero-order chi connectivity index (χ0) is 13.5. The molecule has 2 fully saturated rings. The monoisotopic (exact) mass is 254 g/mol. The number of aliphatic carboxylic acids is 1.